The summed E-state index contributed by atoms with van der Waals surface area (Å²) in [6, 6.07) is 8.57. The van der Waals surface area contributed by atoms with Crippen LogP contribution in [-0.4, -0.2) is 57.2 Å². The number of hydrogen-bond donors (Lipinski definition) is 2. The molecular formula is C20H24N2O5S. The molecule has 0 saturated carbocycles. The van der Waals surface area contributed by atoms with E-state index in [1.807, 2.05) is 30.3 Å². The predicted molar refractivity (Wildman–Crippen MR) is 105 cm³/mol. The van der Waals surface area contributed by atoms with Gasteiger partial charge in [0.1, 0.15) is 22.7 Å². The lowest BCUT2D eigenvalue weighted by Gasteiger charge is -2.49. The number of hydrogen-bond acceptors (Lipinski definition) is 6. The van der Waals surface area contributed by atoms with Crippen molar-refractivity contribution in [1.29, 1.82) is 0 Å². The summed E-state index contributed by atoms with van der Waals surface area (Å²) in [5, 5.41) is 12.0. The SMILES string of the molecule is CC(C)(C)OC(=O)C1=C(CO)CS[C@@H]2[C@H](NC(=O)Cc3ccccc3)C(=O)N12. The minimum Gasteiger partial charge on any atom is -0.455 e. The molecule has 2 aliphatic heterocycles. The first-order chi connectivity index (χ1) is 13.2. The van der Waals surface area contributed by atoms with Gasteiger partial charge in [0.15, 0.2) is 0 Å². The number of aliphatic hydroxyl groups excluding tert-OH is 1. The number of carbonyl (C=O) groups is 3. The minimum absolute atomic E-state index is 0.0970. The summed E-state index contributed by atoms with van der Waals surface area (Å²) in [6.07, 6.45) is 0.179. The van der Waals surface area contributed by atoms with Crippen molar-refractivity contribution >= 4 is 29.5 Å². The maximum absolute atomic E-state index is 12.7. The predicted octanol–water partition coefficient (Wildman–Crippen LogP) is 1.22. The van der Waals surface area contributed by atoms with Crippen LogP contribution in [0.25, 0.3) is 0 Å². The number of benzene rings is 1. The number of nitrogens with zero attached hydrogens (tertiary/aromatic N) is 1. The molecule has 1 aromatic rings. The van der Waals surface area contributed by atoms with Crippen LogP contribution in [0.1, 0.15) is 26.3 Å². The molecule has 0 aromatic heterocycles. The molecule has 1 aromatic carbocycles. The van der Waals surface area contributed by atoms with Crippen LogP contribution < -0.4 is 5.32 Å². The summed E-state index contributed by atoms with van der Waals surface area (Å²) < 4.78 is 5.41. The Labute approximate surface area is 168 Å². The molecule has 0 bridgehead atoms. The van der Waals surface area contributed by atoms with Crippen molar-refractivity contribution in [3.8, 4) is 0 Å². The van der Waals surface area contributed by atoms with E-state index < -0.39 is 17.6 Å². The second-order valence-corrected chi connectivity index (χ2v) is 8.83. The minimum atomic E-state index is -0.720. The molecule has 150 valence electrons. The summed E-state index contributed by atoms with van der Waals surface area (Å²) in [6.45, 7) is 4.89. The van der Waals surface area contributed by atoms with E-state index in [2.05, 4.69) is 5.32 Å². The van der Waals surface area contributed by atoms with E-state index in [0.717, 1.165) is 5.56 Å². The molecule has 7 nitrogen and oxygen atoms in total. The number of β-lactam (4-membered cyclic amide) rings is 1. The van der Waals surface area contributed by atoms with Crippen LogP contribution in [0.4, 0.5) is 0 Å². The van der Waals surface area contributed by atoms with Gasteiger partial charge in [-0.05, 0) is 31.9 Å². The number of amides is 2. The highest BCUT2D eigenvalue weighted by Crippen LogP contribution is 2.40. The highest BCUT2D eigenvalue weighted by atomic mass is 32.2. The summed E-state index contributed by atoms with van der Waals surface area (Å²) >= 11 is 1.41. The number of rotatable bonds is 5. The van der Waals surface area contributed by atoms with Crippen molar-refractivity contribution in [1.82, 2.24) is 10.2 Å². The Morgan fingerprint density at radius 2 is 1.96 bits per heavy atom. The third kappa shape index (κ3) is 4.23. The lowest BCUT2D eigenvalue weighted by molar-refractivity contribution is -0.159. The van der Waals surface area contributed by atoms with E-state index in [1.54, 1.807) is 20.8 Å². The van der Waals surface area contributed by atoms with Gasteiger partial charge >= 0.3 is 5.97 Å². The Balaban J connectivity index is 1.71. The average Bonchev–Trinajstić information content (AvgIpc) is 2.64. The second kappa shape index (κ2) is 7.97. The van der Waals surface area contributed by atoms with Gasteiger partial charge in [-0.25, -0.2) is 4.79 Å². The molecule has 3 rings (SSSR count). The van der Waals surface area contributed by atoms with Crippen LogP contribution >= 0.6 is 11.8 Å². The van der Waals surface area contributed by atoms with Crippen molar-refractivity contribution in [2.45, 2.75) is 44.2 Å². The van der Waals surface area contributed by atoms with E-state index in [-0.39, 0.29) is 35.9 Å². The molecule has 2 heterocycles. The van der Waals surface area contributed by atoms with Gasteiger partial charge in [-0.2, -0.15) is 0 Å². The number of esters is 1. The maximum Gasteiger partial charge on any atom is 0.355 e. The highest BCUT2D eigenvalue weighted by molar-refractivity contribution is 8.00. The Kier molecular flexibility index (Phi) is 5.81. The molecule has 2 amide bonds. The molecule has 8 heteroatoms. The zero-order valence-electron chi connectivity index (χ0n) is 16.1. The number of aliphatic hydroxyl groups is 1. The number of thioether (sulfide) groups is 1. The highest BCUT2D eigenvalue weighted by Gasteiger charge is 2.54. The zero-order chi connectivity index (χ0) is 20.5. The third-order valence-electron chi connectivity index (χ3n) is 4.35. The molecular weight excluding hydrogens is 380 g/mol. The van der Waals surface area contributed by atoms with Gasteiger partial charge < -0.3 is 15.2 Å². The van der Waals surface area contributed by atoms with Crippen molar-refractivity contribution in [2.75, 3.05) is 12.4 Å². The number of ether oxygens (including phenoxy) is 1. The van der Waals surface area contributed by atoms with Crippen molar-refractivity contribution in [2.24, 2.45) is 0 Å². The molecule has 2 N–H and O–H groups in total. The number of fused-ring (bicyclic) bond motifs is 1. The molecule has 1 fully saturated rings. The van der Waals surface area contributed by atoms with Crippen LogP contribution in [0, 0.1) is 0 Å². The third-order valence-corrected chi connectivity index (χ3v) is 5.69. The zero-order valence-corrected chi connectivity index (χ0v) is 16.9. The van der Waals surface area contributed by atoms with E-state index in [0.29, 0.717) is 11.3 Å². The van der Waals surface area contributed by atoms with E-state index in [4.69, 9.17) is 4.74 Å². The summed E-state index contributed by atoms with van der Waals surface area (Å²) in [7, 11) is 0. The first-order valence-electron chi connectivity index (χ1n) is 9.05. The fraction of sp³-hybridized carbons (Fsp3) is 0.450. The lowest BCUT2D eigenvalue weighted by atomic mass is 10.0. The topological polar surface area (TPSA) is 95.9 Å². The Morgan fingerprint density at radius 3 is 2.57 bits per heavy atom. The smallest absolute Gasteiger partial charge is 0.355 e. The van der Waals surface area contributed by atoms with Gasteiger partial charge in [0.05, 0.1) is 13.0 Å². The molecule has 2 atom stereocenters. The quantitative estimate of drug-likeness (QED) is 0.566. The monoisotopic (exact) mass is 404 g/mol. The normalized spacial score (nSPS) is 21.7. The molecule has 0 radical (unpaired) electrons. The van der Waals surface area contributed by atoms with Crippen molar-refractivity contribution in [3.05, 3.63) is 47.2 Å². The Morgan fingerprint density at radius 1 is 1.29 bits per heavy atom. The molecule has 28 heavy (non-hydrogen) atoms. The second-order valence-electron chi connectivity index (χ2n) is 7.73. The van der Waals surface area contributed by atoms with Crippen LogP contribution in [0.5, 0.6) is 0 Å². The molecule has 2 aliphatic rings. The van der Waals surface area contributed by atoms with Gasteiger partial charge in [0.25, 0.3) is 5.91 Å². The average molecular weight is 404 g/mol. The molecule has 1 saturated heterocycles. The maximum atomic E-state index is 12.7. The van der Waals surface area contributed by atoms with Crippen LogP contribution in [0.2, 0.25) is 0 Å². The van der Waals surface area contributed by atoms with Gasteiger partial charge in [-0.3, -0.25) is 14.5 Å². The molecule has 0 unspecified atom stereocenters. The van der Waals surface area contributed by atoms with Gasteiger partial charge in [-0.15, -0.1) is 11.8 Å². The first-order valence-corrected chi connectivity index (χ1v) is 10.1. The summed E-state index contributed by atoms with van der Waals surface area (Å²) in [4.78, 5) is 39.0. The molecule has 0 aliphatic carbocycles. The largest absolute Gasteiger partial charge is 0.455 e. The fourth-order valence-electron chi connectivity index (χ4n) is 3.13. The fourth-order valence-corrected chi connectivity index (χ4v) is 4.46. The van der Waals surface area contributed by atoms with Crippen LogP contribution in [-0.2, 0) is 25.5 Å². The van der Waals surface area contributed by atoms with Gasteiger partial charge in [0, 0.05) is 5.75 Å². The lowest BCUT2D eigenvalue weighted by Crippen LogP contribution is -2.70. The van der Waals surface area contributed by atoms with E-state index in [9.17, 15) is 19.5 Å². The van der Waals surface area contributed by atoms with Crippen LogP contribution in [0.15, 0.2) is 41.6 Å². The first kappa shape index (κ1) is 20.4. The van der Waals surface area contributed by atoms with Gasteiger partial charge in [0.2, 0.25) is 5.91 Å². The summed E-state index contributed by atoms with van der Waals surface area (Å²) in [5.74, 6) is -0.861. The standard InChI is InChI=1S/C20H24N2O5S/c1-20(2,3)27-19(26)16-13(10-23)11-28-18-15(17(25)22(16)18)21-14(24)9-12-7-5-4-6-8-12/h4-8,15,18,23H,9-11H2,1-3H3,(H,21,24)/t15-,18-/m1/s1. The summed E-state index contributed by atoms with van der Waals surface area (Å²) in [5.41, 5.74) is 0.691. The Bertz CT molecular complexity index is 816. The van der Waals surface area contributed by atoms with Crippen molar-refractivity contribution < 1.29 is 24.2 Å². The van der Waals surface area contributed by atoms with Gasteiger partial charge in [-0.1, -0.05) is 30.3 Å². The van der Waals surface area contributed by atoms with Crippen molar-refractivity contribution in [3.63, 3.8) is 0 Å². The van der Waals surface area contributed by atoms with E-state index >= 15 is 0 Å². The number of carbonyl (C=O) groups excluding carboxylic acids is 3. The number of nitrogens with one attached hydrogen (secondary N) is 1. The van der Waals surface area contributed by atoms with E-state index in [1.165, 1.54) is 16.7 Å². The van der Waals surface area contributed by atoms with Crippen LogP contribution in [0.3, 0.4) is 0 Å². The molecule has 0 spiro atoms. The Hall–Kier alpha value is -2.32.